The normalized spacial score (nSPS) is 13.0. The summed E-state index contributed by atoms with van der Waals surface area (Å²) in [6.45, 7) is 4.25. The van der Waals surface area contributed by atoms with Gasteiger partial charge in [-0.25, -0.2) is 9.98 Å². The molecule has 0 radical (unpaired) electrons. The number of anilines is 1. The van der Waals surface area contributed by atoms with Crippen LogP contribution in [0.5, 0.6) is 5.75 Å². The number of ether oxygens (including phenoxy) is 1. The highest BCUT2D eigenvalue weighted by Gasteiger charge is 2.22. The number of para-hydroxylation sites is 1. The molecule has 0 bridgehead atoms. The molecule has 0 fully saturated rings. The second-order valence-electron chi connectivity index (χ2n) is 6.53. The number of hydrogen-bond donors (Lipinski definition) is 2. The van der Waals surface area contributed by atoms with Crippen LogP contribution in [0.2, 0.25) is 0 Å². The molecule has 0 spiro atoms. The summed E-state index contributed by atoms with van der Waals surface area (Å²) in [5.41, 5.74) is 3.51. The Labute approximate surface area is 187 Å². The van der Waals surface area contributed by atoms with Gasteiger partial charge in [0.2, 0.25) is 0 Å². The molecule has 152 valence electrons. The highest BCUT2D eigenvalue weighted by atomic mass is 127. The van der Waals surface area contributed by atoms with Gasteiger partial charge in [0.05, 0.1) is 7.11 Å². The van der Waals surface area contributed by atoms with Crippen LogP contribution in [0.3, 0.4) is 0 Å². The topological polar surface area (TPSA) is 78.4 Å². The summed E-state index contributed by atoms with van der Waals surface area (Å²) in [5, 5.41) is 10.7. The second-order valence-corrected chi connectivity index (χ2v) is 6.53. The average Bonchev–Trinajstić information content (AvgIpc) is 3.38. The van der Waals surface area contributed by atoms with Crippen LogP contribution in [0.25, 0.3) is 11.4 Å². The van der Waals surface area contributed by atoms with Gasteiger partial charge in [-0.1, -0.05) is 18.2 Å². The van der Waals surface area contributed by atoms with E-state index in [1.54, 1.807) is 7.11 Å². The molecule has 2 heterocycles. The molecule has 2 aromatic carbocycles. The number of nitrogens with zero attached hydrogens (tertiary/aromatic N) is 4. The van der Waals surface area contributed by atoms with Gasteiger partial charge in [-0.05, 0) is 49.2 Å². The number of fused-ring (bicyclic) bond motifs is 1. The number of rotatable bonds is 5. The van der Waals surface area contributed by atoms with Gasteiger partial charge in [-0.2, -0.15) is 5.10 Å². The number of hydrogen-bond acceptors (Lipinski definition) is 4. The van der Waals surface area contributed by atoms with Crippen LogP contribution in [-0.2, 0) is 13.0 Å². The molecule has 3 aromatic rings. The quantitative estimate of drug-likeness (QED) is 0.315. The van der Waals surface area contributed by atoms with Crippen molar-refractivity contribution in [3.63, 3.8) is 0 Å². The molecule has 0 aliphatic carbocycles. The molecule has 0 atom stereocenters. The molecule has 0 amide bonds. The zero-order valence-electron chi connectivity index (χ0n) is 16.6. The van der Waals surface area contributed by atoms with Crippen LogP contribution in [0.1, 0.15) is 18.3 Å². The largest absolute Gasteiger partial charge is 0.497 e. The molecule has 1 aliphatic heterocycles. The van der Waals surface area contributed by atoms with Crippen molar-refractivity contribution in [3.05, 3.63) is 59.9 Å². The number of aliphatic imine (C=N–C) groups is 1. The highest BCUT2D eigenvalue weighted by molar-refractivity contribution is 14.0. The van der Waals surface area contributed by atoms with Crippen molar-refractivity contribution in [2.24, 2.45) is 4.99 Å². The molecule has 0 unspecified atom stereocenters. The van der Waals surface area contributed by atoms with E-state index in [1.165, 1.54) is 11.3 Å². The fourth-order valence-corrected chi connectivity index (χ4v) is 3.34. The van der Waals surface area contributed by atoms with Crippen LogP contribution in [-0.4, -0.2) is 41.3 Å². The van der Waals surface area contributed by atoms with Crippen molar-refractivity contribution >= 4 is 35.6 Å². The summed E-state index contributed by atoms with van der Waals surface area (Å²) in [4.78, 5) is 11.6. The highest BCUT2D eigenvalue weighted by Crippen LogP contribution is 2.27. The number of aromatic nitrogens is 3. The van der Waals surface area contributed by atoms with Crippen molar-refractivity contribution < 1.29 is 4.74 Å². The third-order valence-corrected chi connectivity index (χ3v) is 4.74. The minimum Gasteiger partial charge on any atom is -0.497 e. The molecule has 7 nitrogen and oxygen atoms in total. The van der Waals surface area contributed by atoms with E-state index in [4.69, 9.17) is 9.73 Å². The zero-order valence-corrected chi connectivity index (χ0v) is 18.9. The average molecular weight is 504 g/mol. The Morgan fingerprint density at radius 2 is 2.00 bits per heavy atom. The Kier molecular flexibility index (Phi) is 7.08. The van der Waals surface area contributed by atoms with E-state index >= 15 is 0 Å². The van der Waals surface area contributed by atoms with Gasteiger partial charge >= 0.3 is 0 Å². The van der Waals surface area contributed by atoms with Crippen LogP contribution in [0.15, 0.2) is 53.5 Å². The fourth-order valence-electron chi connectivity index (χ4n) is 3.34. The molecule has 2 N–H and O–H groups in total. The number of aromatic amines is 1. The summed E-state index contributed by atoms with van der Waals surface area (Å²) in [5.74, 6) is 3.07. The smallest absolute Gasteiger partial charge is 0.198 e. The van der Waals surface area contributed by atoms with Gasteiger partial charge in [-0.15, -0.1) is 24.0 Å². The fraction of sp³-hybridized carbons (Fsp3) is 0.286. The van der Waals surface area contributed by atoms with E-state index in [9.17, 15) is 0 Å². The van der Waals surface area contributed by atoms with E-state index in [2.05, 4.69) is 56.6 Å². The zero-order chi connectivity index (χ0) is 19.3. The minimum absolute atomic E-state index is 0. The lowest BCUT2D eigenvalue weighted by Gasteiger charge is -2.22. The van der Waals surface area contributed by atoms with E-state index in [-0.39, 0.29) is 24.0 Å². The molecule has 0 saturated carbocycles. The molecular formula is C21H25IN6O. The first kappa shape index (κ1) is 21.1. The van der Waals surface area contributed by atoms with Gasteiger partial charge < -0.3 is 15.0 Å². The van der Waals surface area contributed by atoms with Gasteiger partial charge in [-0.3, -0.25) is 5.10 Å². The predicted molar refractivity (Wildman–Crippen MR) is 126 cm³/mol. The Hall–Kier alpha value is -2.62. The lowest BCUT2D eigenvalue weighted by Crippen LogP contribution is -2.40. The van der Waals surface area contributed by atoms with Crippen LogP contribution in [0, 0.1) is 0 Å². The molecular weight excluding hydrogens is 479 g/mol. The maximum Gasteiger partial charge on any atom is 0.198 e. The SMILES string of the molecule is CCNC(=NCc1nc(-c2ccc(OC)cc2)n[nH]1)N1CCc2ccccc21.I. The summed E-state index contributed by atoms with van der Waals surface area (Å²) in [7, 11) is 1.65. The second kappa shape index (κ2) is 9.73. The molecule has 8 heteroatoms. The Balaban J connectivity index is 0.00000240. The van der Waals surface area contributed by atoms with Crippen LogP contribution in [0.4, 0.5) is 5.69 Å². The number of methoxy groups -OCH3 is 1. The number of nitrogens with one attached hydrogen (secondary N) is 2. The summed E-state index contributed by atoms with van der Waals surface area (Å²) in [6.07, 6.45) is 1.03. The number of H-pyrrole nitrogens is 1. The molecule has 1 aliphatic rings. The van der Waals surface area contributed by atoms with Crippen molar-refractivity contribution in [1.82, 2.24) is 20.5 Å². The van der Waals surface area contributed by atoms with Gasteiger partial charge in [0.1, 0.15) is 18.1 Å². The molecule has 29 heavy (non-hydrogen) atoms. The standard InChI is InChI=1S/C21H24N6O.HI/c1-3-22-21(27-13-12-15-6-4-5-7-18(15)27)23-14-19-24-20(26-25-19)16-8-10-17(28-2)11-9-16;/h4-11H,3,12-14H2,1-2H3,(H,22,23)(H,24,25,26);1H. The van der Waals surface area contributed by atoms with Gasteiger partial charge in [0.25, 0.3) is 0 Å². The third kappa shape index (κ3) is 4.69. The molecule has 1 aromatic heterocycles. The van der Waals surface area contributed by atoms with Crippen molar-refractivity contribution in [2.45, 2.75) is 19.9 Å². The predicted octanol–water partition coefficient (Wildman–Crippen LogP) is 3.63. The maximum absolute atomic E-state index is 5.19. The van der Waals surface area contributed by atoms with E-state index in [0.717, 1.165) is 42.6 Å². The number of guanidine groups is 1. The first-order valence-corrected chi connectivity index (χ1v) is 9.48. The lowest BCUT2D eigenvalue weighted by atomic mass is 10.2. The Morgan fingerprint density at radius 1 is 1.21 bits per heavy atom. The van der Waals surface area contributed by atoms with Gasteiger partial charge in [0, 0.05) is 24.3 Å². The Morgan fingerprint density at radius 3 is 2.76 bits per heavy atom. The van der Waals surface area contributed by atoms with Gasteiger partial charge in [0.15, 0.2) is 11.8 Å². The summed E-state index contributed by atoms with van der Waals surface area (Å²) >= 11 is 0. The lowest BCUT2D eigenvalue weighted by molar-refractivity contribution is 0.415. The van der Waals surface area contributed by atoms with Crippen molar-refractivity contribution in [3.8, 4) is 17.1 Å². The van der Waals surface area contributed by atoms with Crippen LogP contribution >= 0.6 is 24.0 Å². The summed E-state index contributed by atoms with van der Waals surface area (Å²) < 4.78 is 5.19. The summed E-state index contributed by atoms with van der Waals surface area (Å²) in [6, 6.07) is 16.2. The monoisotopic (exact) mass is 504 g/mol. The van der Waals surface area contributed by atoms with E-state index < -0.39 is 0 Å². The van der Waals surface area contributed by atoms with E-state index in [1.807, 2.05) is 24.3 Å². The number of halogens is 1. The Bertz CT molecular complexity index is 969. The molecule has 4 rings (SSSR count). The van der Waals surface area contributed by atoms with Crippen LogP contribution < -0.4 is 15.0 Å². The minimum atomic E-state index is 0. The van der Waals surface area contributed by atoms with E-state index in [0.29, 0.717) is 12.4 Å². The van der Waals surface area contributed by atoms with Crippen molar-refractivity contribution in [1.29, 1.82) is 0 Å². The first-order valence-electron chi connectivity index (χ1n) is 9.48. The number of benzene rings is 2. The molecule has 0 saturated heterocycles. The third-order valence-electron chi connectivity index (χ3n) is 4.74. The maximum atomic E-state index is 5.19. The van der Waals surface area contributed by atoms with Crippen molar-refractivity contribution in [2.75, 3.05) is 25.1 Å². The first-order chi connectivity index (χ1) is 13.8.